The highest BCUT2D eigenvalue weighted by Gasteiger charge is 2.17. The van der Waals surface area contributed by atoms with Gasteiger partial charge in [-0.1, -0.05) is 0 Å². The summed E-state index contributed by atoms with van der Waals surface area (Å²) < 4.78 is 36.8. The standard InChI is InChI=1S/C9H9F3N2O3/c10-5-1-6(3-7(2-5)14(16)17)13-4-8(15)9(11)12/h1-3,8-9,13,15H,4H2. The van der Waals surface area contributed by atoms with Crippen LogP contribution in [-0.2, 0) is 0 Å². The number of anilines is 1. The molecule has 0 fully saturated rings. The van der Waals surface area contributed by atoms with E-state index < -0.39 is 35.5 Å². The van der Waals surface area contributed by atoms with Crippen molar-refractivity contribution in [3.63, 3.8) is 0 Å². The molecule has 0 saturated heterocycles. The number of rotatable bonds is 5. The zero-order valence-electron chi connectivity index (χ0n) is 8.44. The van der Waals surface area contributed by atoms with Crippen LogP contribution in [-0.4, -0.2) is 29.1 Å². The normalized spacial score (nSPS) is 12.5. The Hall–Kier alpha value is -1.83. The van der Waals surface area contributed by atoms with E-state index in [2.05, 4.69) is 5.32 Å². The molecule has 0 amide bonds. The van der Waals surface area contributed by atoms with Crippen LogP contribution in [0.15, 0.2) is 18.2 Å². The molecule has 94 valence electrons. The van der Waals surface area contributed by atoms with E-state index in [-0.39, 0.29) is 5.69 Å². The molecular weight excluding hydrogens is 241 g/mol. The van der Waals surface area contributed by atoms with Crippen LogP contribution >= 0.6 is 0 Å². The Morgan fingerprint density at radius 2 is 2.06 bits per heavy atom. The molecule has 1 aromatic carbocycles. The first-order valence-corrected chi connectivity index (χ1v) is 4.55. The van der Waals surface area contributed by atoms with Crippen LogP contribution in [0, 0.1) is 15.9 Å². The average Bonchev–Trinajstić information content (AvgIpc) is 2.24. The highest BCUT2D eigenvalue weighted by atomic mass is 19.3. The first kappa shape index (κ1) is 13.2. The van der Waals surface area contributed by atoms with Crippen molar-refractivity contribution in [1.82, 2.24) is 0 Å². The molecule has 1 unspecified atom stereocenters. The molecule has 1 rings (SSSR count). The number of nitrogens with zero attached hydrogens (tertiary/aromatic N) is 1. The van der Waals surface area contributed by atoms with E-state index in [9.17, 15) is 23.3 Å². The lowest BCUT2D eigenvalue weighted by atomic mass is 10.2. The molecule has 8 heteroatoms. The van der Waals surface area contributed by atoms with Gasteiger partial charge >= 0.3 is 0 Å². The van der Waals surface area contributed by atoms with Crippen molar-refractivity contribution in [3.8, 4) is 0 Å². The molecule has 1 aromatic rings. The minimum absolute atomic E-state index is 0.0450. The van der Waals surface area contributed by atoms with Crippen molar-refractivity contribution < 1.29 is 23.2 Å². The lowest BCUT2D eigenvalue weighted by molar-refractivity contribution is -0.385. The van der Waals surface area contributed by atoms with Crippen molar-refractivity contribution in [2.45, 2.75) is 12.5 Å². The summed E-state index contributed by atoms with van der Waals surface area (Å²) >= 11 is 0. The SMILES string of the molecule is O=[N+]([O-])c1cc(F)cc(NCC(O)C(F)F)c1. The van der Waals surface area contributed by atoms with Crippen LogP contribution in [0.5, 0.6) is 0 Å². The maximum Gasteiger partial charge on any atom is 0.274 e. The number of aliphatic hydroxyl groups is 1. The summed E-state index contributed by atoms with van der Waals surface area (Å²) in [6.07, 6.45) is -4.86. The lowest BCUT2D eigenvalue weighted by Gasteiger charge is -2.11. The monoisotopic (exact) mass is 250 g/mol. The maximum absolute atomic E-state index is 12.9. The molecular formula is C9H9F3N2O3. The Labute approximate surface area is 94.0 Å². The predicted octanol–water partition coefficient (Wildman–Crippen LogP) is 1.77. The van der Waals surface area contributed by atoms with Gasteiger partial charge in [-0.15, -0.1) is 0 Å². The van der Waals surface area contributed by atoms with Gasteiger partial charge in [0, 0.05) is 18.3 Å². The number of non-ortho nitro benzene ring substituents is 1. The van der Waals surface area contributed by atoms with Gasteiger partial charge in [-0.2, -0.15) is 0 Å². The van der Waals surface area contributed by atoms with Crippen LogP contribution in [0.25, 0.3) is 0 Å². The summed E-state index contributed by atoms with van der Waals surface area (Å²) in [5, 5.41) is 21.5. The Morgan fingerprint density at radius 3 is 2.59 bits per heavy atom. The first-order valence-electron chi connectivity index (χ1n) is 4.55. The molecule has 17 heavy (non-hydrogen) atoms. The largest absolute Gasteiger partial charge is 0.385 e. The molecule has 0 aliphatic heterocycles. The number of hydrogen-bond donors (Lipinski definition) is 2. The molecule has 0 aliphatic carbocycles. The van der Waals surface area contributed by atoms with Gasteiger partial charge in [0.25, 0.3) is 12.1 Å². The second-order valence-electron chi connectivity index (χ2n) is 3.24. The second-order valence-corrected chi connectivity index (χ2v) is 3.24. The third-order valence-corrected chi connectivity index (χ3v) is 1.90. The topological polar surface area (TPSA) is 75.4 Å². The molecule has 0 aliphatic rings. The summed E-state index contributed by atoms with van der Waals surface area (Å²) in [6, 6.07) is 2.60. The molecule has 0 saturated carbocycles. The summed E-state index contributed by atoms with van der Waals surface area (Å²) in [5.74, 6) is -0.867. The summed E-state index contributed by atoms with van der Waals surface area (Å²) in [4.78, 5) is 9.59. The number of nitrogens with one attached hydrogen (secondary N) is 1. The van der Waals surface area contributed by atoms with Crippen molar-refractivity contribution >= 4 is 11.4 Å². The molecule has 0 heterocycles. The van der Waals surface area contributed by atoms with Gasteiger partial charge in [0.05, 0.1) is 11.0 Å². The summed E-state index contributed by atoms with van der Waals surface area (Å²) in [6.45, 7) is -0.529. The van der Waals surface area contributed by atoms with E-state index in [0.29, 0.717) is 6.07 Å². The predicted molar refractivity (Wildman–Crippen MR) is 53.6 cm³/mol. The highest BCUT2D eigenvalue weighted by molar-refractivity contribution is 5.51. The van der Waals surface area contributed by atoms with E-state index in [0.717, 1.165) is 12.1 Å². The van der Waals surface area contributed by atoms with E-state index in [1.54, 1.807) is 0 Å². The van der Waals surface area contributed by atoms with Gasteiger partial charge in [0.1, 0.15) is 11.9 Å². The zero-order valence-corrected chi connectivity index (χ0v) is 8.44. The fraction of sp³-hybridized carbons (Fsp3) is 0.333. The molecule has 5 nitrogen and oxygen atoms in total. The van der Waals surface area contributed by atoms with Crippen LogP contribution < -0.4 is 5.32 Å². The number of alkyl halides is 2. The molecule has 0 spiro atoms. The zero-order chi connectivity index (χ0) is 13.0. The third kappa shape index (κ3) is 3.91. The number of halogens is 3. The third-order valence-electron chi connectivity index (χ3n) is 1.90. The fourth-order valence-corrected chi connectivity index (χ4v) is 1.09. The smallest absolute Gasteiger partial charge is 0.274 e. The molecule has 0 aromatic heterocycles. The van der Waals surface area contributed by atoms with Gasteiger partial charge < -0.3 is 10.4 Å². The van der Waals surface area contributed by atoms with Gasteiger partial charge in [0.2, 0.25) is 0 Å². The molecule has 0 bridgehead atoms. The number of benzene rings is 1. The van der Waals surface area contributed by atoms with Gasteiger partial charge in [0.15, 0.2) is 0 Å². The van der Waals surface area contributed by atoms with E-state index in [1.165, 1.54) is 0 Å². The van der Waals surface area contributed by atoms with Crippen LogP contribution in [0.1, 0.15) is 0 Å². The van der Waals surface area contributed by atoms with E-state index in [4.69, 9.17) is 5.11 Å². The van der Waals surface area contributed by atoms with Crippen molar-refractivity contribution in [3.05, 3.63) is 34.1 Å². The number of aliphatic hydroxyl groups excluding tert-OH is 1. The Bertz CT molecular complexity index is 414. The average molecular weight is 250 g/mol. The molecule has 2 N–H and O–H groups in total. The summed E-state index contributed by atoms with van der Waals surface area (Å²) in [5.41, 5.74) is -0.546. The molecule has 0 radical (unpaired) electrons. The van der Waals surface area contributed by atoms with Crippen molar-refractivity contribution in [2.75, 3.05) is 11.9 Å². The highest BCUT2D eigenvalue weighted by Crippen LogP contribution is 2.20. The number of nitro benzene ring substituents is 1. The van der Waals surface area contributed by atoms with Crippen LogP contribution in [0.4, 0.5) is 24.5 Å². The van der Waals surface area contributed by atoms with Gasteiger partial charge in [-0.25, -0.2) is 13.2 Å². The fourth-order valence-electron chi connectivity index (χ4n) is 1.09. The van der Waals surface area contributed by atoms with E-state index in [1.807, 2.05) is 0 Å². The van der Waals surface area contributed by atoms with Crippen molar-refractivity contribution in [2.24, 2.45) is 0 Å². The van der Waals surface area contributed by atoms with E-state index >= 15 is 0 Å². The Kier molecular flexibility index (Phi) is 4.27. The van der Waals surface area contributed by atoms with Crippen molar-refractivity contribution in [1.29, 1.82) is 0 Å². The Morgan fingerprint density at radius 1 is 1.41 bits per heavy atom. The molecule has 1 atom stereocenters. The first-order chi connectivity index (χ1) is 7.90. The minimum Gasteiger partial charge on any atom is -0.385 e. The minimum atomic E-state index is -2.94. The van der Waals surface area contributed by atoms with Crippen LogP contribution in [0.2, 0.25) is 0 Å². The number of hydrogen-bond acceptors (Lipinski definition) is 4. The maximum atomic E-state index is 12.9. The van der Waals surface area contributed by atoms with Crippen LogP contribution in [0.3, 0.4) is 0 Å². The van der Waals surface area contributed by atoms with Gasteiger partial charge in [-0.05, 0) is 6.07 Å². The lowest BCUT2D eigenvalue weighted by Crippen LogP contribution is -2.26. The summed E-state index contributed by atoms with van der Waals surface area (Å²) in [7, 11) is 0. The second kappa shape index (κ2) is 5.48. The van der Waals surface area contributed by atoms with Gasteiger partial charge in [-0.3, -0.25) is 10.1 Å². The Balaban J connectivity index is 2.74. The number of nitro groups is 1. The quantitative estimate of drug-likeness (QED) is 0.616.